The van der Waals surface area contributed by atoms with Crippen LogP contribution in [0.4, 0.5) is 18.9 Å². The molecule has 0 radical (unpaired) electrons. The van der Waals surface area contributed by atoms with Gasteiger partial charge in [0.1, 0.15) is 0 Å². The Bertz CT molecular complexity index is 935. The fraction of sp³-hybridized carbons (Fsp3) is 0.480. The number of benzene rings is 2. The molecule has 1 aliphatic rings. The molecule has 0 aromatic heterocycles. The van der Waals surface area contributed by atoms with Crippen LogP contribution in [0.2, 0.25) is 0 Å². The number of rotatable bonds is 7. The fourth-order valence-electron chi connectivity index (χ4n) is 3.99. The molecule has 0 atom stereocenters. The van der Waals surface area contributed by atoms with Gasteiger partial charge in [-0.3, -0.25) is 9.69 Å². The number of hydrogen-bond donors (Lipinski definition) is 1. The summed E-state index contributed by atoms with van der Waals surface area (Å²) in [7, 11) is 2.01. The Labute approximate surface area is 188 Å². The number of alkyl halides is 3. The maximum absolute atomic E-state index is 13.8. The largest absolute Gasteiger partial charge is 0.416 e. The van der Waals surface area contributed by atoms with Crippen molar-refractivity contribution < 1.29 is 18.0 Å². The molecule has 1 saturated heterocycles. The van der Waals surface area contributed by atoms with Crippen LogP contribution in [0.5, 0.6) is 0 Å². The summed E-state index contributed by atoms with van der Waals surface area (Å²) in [5.74, 6) is -0.407. The Kier molecular flexibility index (Phi) is 7.96. The Morgan fingerprint density at radius 3 is 2.34 bits per heavy atom. The molecule has 0 unspecified atom stereocenters. The lowest BCUT2D eigenvalue weighted by Crippen LogP contribution is -2.44. The van der Waals surface area contributed by atoms with E-state index in [1.165, 1.54) is 11.6 Å². The van der Waals surface area contributed by atoms with E-state index in [0.717, 1.165) is 57.1 Å². The first-order chi connectivity index (χ1) is 15.2. The molecule has 1 amide bonds. The van der Waals surface area contributed by atoms with E-state index in [0.29, 0.717) is 5.56 Å². The number of piperazine rings is 1. The van der Waals surface area contributed by atoms with E-state index in [-0.39, 0.29) is 17.8 Å². The third-order valence-corrected chi connectivity index (χ3v) is 6.07. The van der Waals surface area contributed by atoms with Gasteiger partial charge in [0, 0.05) is 44.0 Å². The topological polar surface area (TPSA) is 35.6 Å². The summed E-state index contributed by atoms with van der Waals surface area (Å²) in [5.41, 5.74) is 2.34. The molecule has 2 aromatic carbocycles. The number of carbonyl (C=O) groups is 1. The Hall–Kier alpha value is -2.38. The van der Waals surface area contributed by atoms with Gasteiger partial charge in [-0.15, -0.1) is 0 Å². The number of likely N-dealkylation sites (N-methyl/N-ethyl adjacent to an activating group) is 1. The predicted octanol–water partition coefficient (Wildman–Crippen LogP) is 5.36. The average Bonchev–Trinajstić information content (AvgIpc) is 2.74. The minimum absolute atomic E-state index is 0.150. The van der Waals surface area contributed by atoms with Gasteiger partial charge in [0.2, 0.25) is 0 Å². The molecule has 32 heavy (non-hydrogen) atoms. The highest BCUT2D eigenvalue weighted by Crippen LogP contribution is 2.34. The van der Waals surface area contributed by atoms with Gasteiger partial charge in [0.15, 0.2) is 0 Å². The lowest BCUT2D eigenvalue weighted by Gasteiger charge is -2.33. The first-order valence-corrected chi connectivity index (χ1v) is 11.2. The van der Waals surface area contributed by atoms with Gasteiger partial charge >= 0.3 is 6.18 Å². The van der Waals surface area contributed by atoms with Gasteiger partial charge in [0.05, 0.1) is 5.56 Å². The summed E-state index contributed by atoms with van der Waals surface area (Å²) in [6, 6.07) is 9.55. The van der Waals surface area contributed by atoms with E-state index >= 15 is 0 Å². The van der Waals surface area contributed by atoms with Crippen LogP contribution in [0.25, 0.3) is 0 Å². The first kappa shape index (κ1) is 24.3. The maximum Gasteiger partial charge on any atom is 0.416 e. The minimum atomic E-state index is -4.49. The molecular weight excluding hydrogens is 415 g/mol. The number of carbonyl (C=O) groups excluding carboxylic acids is 1. The van der Waals surface area contributed by atoms with E-state index in [9.17, 15) is 18.0 Å². The van der Waals surface area contributed by atoms with Crippen LogP contribution in [-0.2, 0) is 19.1 Å². The third kappa shape index (κ3) is 6.33. The Morgan fingerprint density at radius 2 is 1.72 bits per heavy atom. The van der Waals surface area contributed by atoms with Crippen LogP contribution >= 0.6 is 0 Å². The molecule has 0 bridgehead atoms. The van der Waals surface area contributed by atoms with Crippen LogP contribution in [-0.4, -0.2) is 48.9 Å². The molecule has 7 heteroatoms. The van der Waals surface area contributed by atoms with Gasteiger partial charge in [-0.1, -0.05) is 25.5 Å². The molecule has 0 aliphatic carbocycles. The number of aryl methyl sites for hydroxylation is 2. The Morgan fingerprint density at radius 1 is 1.03 bits per heavy atom. The van der Waals surface area contributed by atoms with Crippen molar-refractivity contribution in [1.29, 1.82) is 0 Å². The number of anilines is 1. The lowest BCUT2D eigenvalue weighted by atomic mass is 10.00. The molecule has 174 valence electrons. The molecule has 0 spiro atoms. The van der Waals surface area contributed by atoms with Crippen molar-refractivity contribution in [2.45, 2.75) is 45.8 Å². The molecule has 0 saturated carbocycles. The van der Waals surface area contributed by atoms with Crippen molar-refractivity contribution in [3.63, 3.8) is 0 Å². The molecule has 1 aliphatic heterocycles. The molecule has 1 heterocycles. The maximum atomic E-state index is 13.8. The van der Waals surface area contributed by atoms with Crippen molar-refractivity contribution in [3.8, 4) is 0 Å². The highest BCUT2D eigenvalue weighted by atomic mass is 19.4. The van der Waals surface area contributed by atoms with Gasteiger partial charge in [-0.2, -0.15) is 13.2 Å². The summed E-state index contributed by atoms with van der Waals surface area (Å²) < 4.78 is 41.3. The van der Waals surface area contributed by atoms with E-state index in [2.05, 4.69) is 17.1 Å². The summed E-state index contributed by atoms with van der Waals surface area (Å²) in [6.07, 6.45) is -1.37. The number of hydrogen-bond acceptors (Lipinski definition) is 3. The second-order valence-electron chi connectivity index (χ2n) is 8.65. The predicted molar refractivity (Wildman–Crippen MR) is 122 cm³/mol. The quantitative estimate of drug-likeness (QED) is 0.621. The number of unbranched alkanes of at least 4 members (excludes halogenated alkanes) is 1. The number of nitrogens with one attached hydrogen (secondary N) is 1. The number of nitrogens with zero attached hydrogens (tertiary/aromatic N) is 2. The average molecular weight is 448 g/mol. The zero-order valence-electron chi connectivity index (χ0n) is 19.1. The molecule has 3 rings (SSSR count). The summed E-state index contributed by atoms with van der Waals surface area (Å²) in [5, 5.41) is 2.64. The number of amides is 1. The number of halogens is 3. The smallest absolute Gasteiger partial charge is 0.322 e. The first-order valence-electron chi connectivity index (χ1n) is 11.2. The summed E-state index contributed by atoms with van der Waals surface area (Å²) in [4.78, 5) is 16.9. The van der Waals surface area contributed by atoms with Crippen LogP contribution in [0.15, 0.2) is 36.4 Å². The van der Waals surface area contributed by atoms with Crippen LogP contribution < -0.4 is 5.32 Å². The summed E-state index contributed by atoms with van der Waals surface area (Å²) in [6.45, 7) is 7.48. The van der Waals surface area contributed by atoms with E-state index < -0.39 is 17.6 Å². The van der Waals surface area contributed by atoms with E-state index in [1.807, 2.05) is 24.9 Å². The van der Waals surface area contributed by atoms with Crippen molar-refractivity contribution in [3.05, 3.63) is 64.2 Å². The van der Waals surface area contributed by atoms with Crippen molar-refractivity contribution in [2.75, 3.05) is 38.5 Å². The standard InChI is InChI=1S/C25H32F3N3O/c1-4-5-6-19-7-8-20(15-18(19)2)24(32)29-22-10-9-21(23(16-22)25(26,27)28)17-31-13-11-30(3)12-14-31/h7-10,15-16H,4-6,11-14,17H2,1-3H3,(H,29,32). The van der Waals surface area contributed by atoms with Crippen LogP contribution in [0.1, 0.15) is 52.4 Å². The van der Waals surface area contributed by atoms with Gasteiger partial charge in [-0.05, 0) is 67.8 Å². The van der Waals surface area contributed by atoms with Crippen LogP contribution in [0.3, 0.4) is 0 Å². The lowest BCUT2D eigenvalue weighted by molar-refractivity contribution is -0.138. The molecule has 2 aromatic rings. The normalized spacial score (nSPS) is 15.7. The molecule has 1 N–H and O–H groups in total. The second kappa shape index (κ2) is 10.5. The van der Waals surface area contributed by atoms with E-state index in [1.54, 1.807) is 18.2 Å². The highest BCUT2D eigenvalue weighted by molar-refractivity contribution is 6.04. The molecular formula is C25H32F3N3O. The van der Waals surface area contributed by atoms with Gasteiger partial charge in [-0.25, -0.2) is 0 Å². The zero-order chi connectivity index (χ0) is 23.3. The summed E-state index contributed by atoms with van der Waals surface area (Å²) >= 11 is 0. The highest BCUT2D eigenvalue weighted by Gasteiger charge is 2.34. The second-order valence-corrected chi connectivity index (χ2v) is 8.65. The Balaban J connectivity index is 1.75. The molecule has 1 fully saturated rings. The minimum Gasteiger partial charge on any atom is -0.322 e. The van der Waals surface area contributed by atoms with Crippen molar-refractivity contribution >= 4 is 11.6 Å². The SMILES string of the molecule is CCCCc1ccc(C(=O)Nc2ccc(CN3CCN(C)CC3)c(C(F)(F)F)c2)cc1C. The van der Waals surface area contributed by atoms with Gasteiger partial charge in [0.25, 0.3) is 5.91 Å². The van der Waals surface area contributed by atoms with Gasteiger partial charge < -0.3 is 10.2 Å². The molecule has 4 nitrogen and oxygen atoms in total. The van der Waals surface area contributed by atoms with E-state index in [4.69, 9.17) is 0 Å². The fourth-order valence-corrected chi connectivity index (χ4v) is 3.99. The van der Waals surface area contributed by atoms with Crippen molar-refractivity contribution in [1.82, 2.24) is 9.80 Å². The van der Waals surface area contributed by atoms with Crippen molar-refractivity contribution in [2.24, 2.45) is 0 Å². The van der Waals surface area contributed by atoms with Crippen LogP contribution in [0, 0.1) is 6.92 Å². The zero-order valence-corrected chi connectivity index (χ0v) is 19.1. The third-order valence-electron chi connectivity index (χ3n) is 6.07. The monoisotopic (exact) mass is 447 g/mol.